The third-order valence-electron chi connectivity index (χ3n) is 1.78. The second kappa shape index (κ2) is 5.70. The molecule has 0 heterocycles. The SMILES string of the molecule is CCC(OC)C(=O)OC(C)C(C)=O. The van der Waals surface area contributed by atoms with Gasteiger partial charge in [-0.1, -0.05) is 6.92 Å². The minimum Gasteiger partial charge on any atom is -0.453 e. The number of methoxy groups -OCH3 is 1. The van der Waals surface area contributed by atoms with Gasteiger partial charge >= 0.3 is 5.97 Å². The van der Waals surface area contributed by atoms with Crippen molar-refractivity contribution in [3.8, 4) is 0 Å². The highest BCUT2D eigenvalue weighted by Gasteiger charge is 2.21. The van der Waals surface area contributed by atoms with E-state index >= 15 is 0 Å². The van der Waals surface area contributed by atoms with Crippen LogP contribution in [0.15, 0.2) is 0 Å². The zero-order valence-corrected chi connectivity index (χ0v) is 8.49. The average Bonchev–Trinajstić information content (AvgIpc) is 2.06. The summed E-state index contributed by atoms with van der Waals surface area (Å²) in [4.78, 5) is 22.0. The van der Waals surface area contributed by atoms with Gasteiger partial charge in [0.05, 0.1) is 0 Å². The molecule has 0 aliphatic rings. The molecule has 0 N–H and O–H groups in total. The van der Waals surface area contributed by atoms with Crippen LogP contribution in [-0.4, -0.2) is 31.1 Å². The number of esters is 1. The normalized spacial score (nSPS) is 14.8. The number of hydrogen-bond donors (Lipinski definition) is 0. The van der Waals surface area contributed by atoms with Crippen molar-refractivity contribution in [2.75, 3.05) is 7.11 Å². The van der Waals surface area contributed by atoms with E-state index in [1.807, 2.05) is 6.92 Å². The lowest BCUT2D eigenvalue weighted by Gasteiger charge is -2.15. The van der Waals surface area contributed by atoms with Gasteiger partial charge in [-0.25, -0.2) is 4.79 Å². The van der Waals surface area contributed by atoms with E-state index in [0.717, 1.165) is 0 Å². The van der Waals surface area contributed by atoms with Gasteiger partial charge in [-0.2, -0.15) is 0 Å². The van der Waals surface area contributed by atoms with E-state index < -0.39 is 18.2 Å². The predicted octanol–water partition coefficient (Wildman–Crippen LogP) is 0.932. The fraction of sp³-hybridized carbons (Fsp3) is 0.778. The Kier molecular flexibility index (Phi) is 5.30. The average molecular weight is 188 g/mol. The molecule has 0 saturated carbocycles. The Morgan fingerprint density at radius 1 is 1.38 bits per heavy atom. The maximum absolute atomic E-state index is 11.2. The molecule has 4 nitrogen and oxygen atoms in total. The van der Waals surface area contributed by atoms with Crippen molar-refractivity contribution >= 4 is 11.8 Å². The minimum atomic E-state index is -0.684. The Morgan fingerprint density at radius 3 is 2.23 bits per heavy atom. The van der Waals surface area contributed by atoms with Crippen LogP contribution in [0, 0.1) is 0 Å². The summed E-state index contributed by atoms with van der Waals surface area (Å²) < 4.78 is 9.70. The second-order valence-corrected chi connectivity index (χ2v) is 2.82. The molecule has 0 saturated heterocycles. The van der Waals surface area contributed by atoms with Crippen LogP contribution in [0.1, 0.15) is 27.2 Å². The molecule has 0 aromatic carbocycles. The molecule has 4 heteroatoms. The van der Waals surface area contributed by atoms with Gasteiger partial charge in [0.15, 0.2) is 18.0 Å². The van der Waals surface area contributed by atoms with Crippen molar-refractivity contribution in [3.05, 3.63) is 0 Å². The molecule has 2 unspecified atom stereocenters. The molecular formula is C9H16O4. The molecule has 0 fully saturated rings. The van der Waals surface area contributed by atoms with E-state index in [2.05, 4.69) is 0 Å². The van der Waals surface area contributed by atoms with Crippen molar-refractivity contribution in [3.63, 3.8) is 0 Å². The van der Waals surface area contributed by atoms with Gasteiger partial charge in [-0.3, -0.25) is 4.79 Å². The summed E-state index contributed by atoms with van der Waals surface area (Å²) in [5, 5.41) is 0. The quantitative estimate of drug-likeness (QED) is 0.602. The van der Waals surface area contributed by atoms with E-state index in [9.17, 15) is 9.59 Å². The summed E-state index contributed by atoms with van der Waals surface area (Å²) in [5.41, 5.74) is 0. The van der Waals surface area contributed by atoms with Crippen LogP contribution >= 0.6 is 0 Å². The number of hydrogen-bond acceptors (Lipinski definition) is 4. The van der Waals surface area contributed by atoms with Gasteiger partial charge in [0.2, 0.25) is 0 Å². The smallest absolute Gasteiger partial charge is 0.335 e. The summed E-state index contributed by atoms with van der Waals surface area (Å²) in [7, 11) is 1.44. The fourth-order valence-corrected chi connectivity index (χ4v) is 0.763. The van der Waals surface area contributed by atoms with Crippen LogP contribution in [-0.2, 0) is 19.1 Å². The van der Waals surface area contributed by atoms with E-state index in [1.165, 1.54) is 14.0 Å². The van der Waals surface area contributed by atoms with Gasteiger partial charge in [-0.05, 0) is 20.3 Å². The highest BCUT2D eigenvalue weighted by molar-refractivity contribution is 5.84. The third kappa shape index (κ3) is 4.03. The molecule has 0 bridgehead atoms. The zero-order valence-electron chi connectivity index (χ0n) is 8.49. The molecule has 0 rings (SSSR count). The second-order valence-electron chi connectivity index (χ2n) is 2.82. The first kappa shape index (κ1) is 12.1. The van der Waals surface area contributed by atoms with Crippen LogP contribution in [0.25, 0.3) is 0 Å². The van der Waals surface area contributed by atoms with Gasteiger partial charge in [0.1, 0.15) is 0 Å². The highest BCUT2D eigenvalue weighted by atomic mass is 16.6. The Bertz CT molecular complexity index is 184. The van der Waals surface area contributed by atoms with Crippen molar-refractivity contribution < 1.29 is 19.1 Å². The van der Waals surface area contributed by atoms with Crippen molar-refractivity contribution in [1.82, 2.24) is 0 Å². The monoisotopic (exact) mass is 188 g/mol. The summed E-state index contributed by atoms with van der Waals surface area (Å²) in [6, 6.07) is 0. The zero-order chi connectivity index (χ0) is 10.4. The third-order valence-corrected chi connectivity index (χ3v) is 1.78. The van der Waals surface area contributed by atoms with Crippen LogP contribution in [0.4, 0.5) is 0 Å². The maximum atomic E-state index is 11.2. The molecule has 0 aliphatic carbocycles. The Balaban J connectivity index is 4.05. The molecule has 0 aromatic rings. The van der Waals surface area contributed by atoms with Crippen molar-refractivity contribution in [1.29, 1.82) is 0 Å². The molecule has 0 aromatic heterocycles. The Labute approximate surface area is 78.2 Å². The molecule has 13 heavy (non-hydrogen) atoms. The van der Waals surface area contributed by atoms with Crippen molar-refractivity contribution in [2.24, 2.45) is 0 Å². The van der Waals surface area contributed by atoms with Gasteiger partial charge in [0, 0.05) is 7.11 Å². The molecule has 76 valence electrons. The molecule has 0 spiro atoms. The Morgan fingerprint density at radius 2 is 1.92 bits per heavy atom. The molecule has 0 amide bonds. The van der Waals surface area contributed by atoms with Crippen LogP contribution in [0.3, 0.4) is 0 Å². The number of Topliss-reactive ketones (excluding diaryl/α,β-unsaturated/α-hetero) is 1. The van der Waals surface area contributed by atoms with E-state index in [4.69, 9.17) is 9.47 Å². The molecule has 2 atom stereocenters. The van der Waals surface area contributed by atoms with Crippen LogP contribution in [0.5, 0.6) is 0 Å². The molecule has 0 aliphatic heterocycles. The first-order valence-corrected chi connectivity index (χ1v) is 4.26. The van der Waals surface area contributed by atoms with Gasteiger partial charge in [0.25, 0.3) is 0 Å². The number of ketones is 1. The van der Waals surface area contributed by atoms with Gasteiger partial charge < -0.3 is 9.47 Å². The first-order valence-electron chi connectivity index (χ1n) is 4.26. The fourth-order valence-electron chi connectivity index (χ4n) is 0.763. The summed E-state index contributed by atoms with van der Waals surface area (Å²) in [6.07, 6.45) is -0.710. The van der Waals surface area contributed by atoms with E-state index in [0.29, 0.717) is 6.42 Å². The lowest BCUT2D eigenvalue weighted by atomic mass is 10.2. The first-order chi connectivity index (χ1) is 6.02. The van der Waals surface area contributed by atoms with Crippen LogP contribution < -0.4 is 0 Å². The number of ether oxygens (including phenoxy) is 2. The molecular weight excluding hydrogens is 172 g/mol. The summed E-state index contributed by atoms with van der Waals surface area (Å²) >= 11 is 0. The van der Waals surface area contributed by atoms with E-state index in [1.54, 1.807) is 6.92 Å². The summed E-state index contributed by atoms with van der Waals surface area (Å²) in [5.74, 6) is -0.646. The largest absolute Gasteiger partial charge is 0.453 e. The maximum Gasteiger partial charge on any atom is 0.335 e. The standard InChI is InChI=1S/C9H16O4/c1-5-8(12-4)9(11)13-7(3)6(2)10/h7-8H,5H2,1-4H3. The van der Waals surface area contributed by atoms with E-state index in [-0.39, 0.29) is 5.78 Å². The van der Waals surface area contributed by atoms with Gasteiger partial charge in [-0.15, -0.1) is 0 Å². The topological polar surface area (TPSA) is 52.6 Å². The lowest BCUT2D eigenvalue weighted by molar-refractivity contribution is -0.163. The predicted molar refractivity (Wildman–Crippen MR) is 47.3 cm³/mol. The number of carbonyl (C=O) groups excluding carboxylic acids is 2. The molecule has 0 radical (unpaired) electrons. The van der Waals surface area contributed by atoms with Crippen LogP contribution in [0.2, 0.25) is 0 Å². The number of rotatable bonds is 5. The highest BCUT2D eigenvalue weighted by Crippen LogP contribution is 2.02. The lowest BCUT2D eigenvalue weighted by Crippen LogP contribution is -2.30. The minimum absolute atomic E-state index is 0.167. The summed E-state index contributed by atoms with van der Waals surface area (Å²) in [6.45, 7) is 4.74. The number of carbonyl (C=O) groups is 2. The van der Waals surface area contributed by atoms with Crippen molar-refractivity contribution in [2.45, 2.75) is 39.4 Å². The Hall–Kier alpha value is -0.900.